The first kappa shape index (κ1) is 14.2. The van der Waals surface area contributed by atoms with E-state index in [1.165, 1.54) is 44.6 Å². The molecule has 4 saturated carbocycles. The topological polar surface area (TPSA) is 26.3 Å². The van der Waals surface area contributed by atoms with Crippen molar-refractivity contribution in [2.24, 2.45) is 23.2 Å². The Kier molecular flexibility index (Phi) is 3.46. The van der Waals surface area contributed by atoms with E-state index in [1.54, 1.807) is 0 Å². The van der Waals surface area contributed by atoms with Crippen molar-refractivity contribution < 1.29 is 9.53 Å². The fourth-order valence-electron chi connectivity index (χ4n) is 5.92. The van der Waals surface area contributed by atoms with Gasteiger partial charge in [-0.25, -0.2) is 4.79 Å². The zero-order valence-electron chi connectivity index (χ0n) is 13.0. The Morgan fingerprint density at radius 1 is 1.25 bits per heavy atom. The van der Waals surface area contributed by atoms with Gasteiger partial charge in [-0.2, -0.15) is 0 Å². The maximum Gasteiger partial charge on any atom is 0.330 e. The average Bonchev–Trinajstić information content (AvgIpc) is 2.37. The van der Waals surface area contributed by atoms with Crippen molar-refractivity contribution >= 4 is 5.97 Å². The van der Waals surface area contributed by atoms with Gasteiger partial charge in [0.15, 0.2) is 0 Å². The number of hydrogen-bond acceptors (Lipinski definition) is 2. The first-order valence-corrected chi connectivity index (χ1v) is 8.35. The maximum atomic E-state index is 11.9. The molecule has 0 aromatic rings. The maximum absolute atomic E-state index is 11.9. The Bertz CT molecular complexity index is 376. The summed E-state index contributed by atoms with van der Waals surface area (Å²) in [6.07, 6.45) is 11.5. The number of hydrogen-bond donors (Lipinski definition) is 0. The number of ether oxygens (including phenoxy) is 1. The fraction of sp³-hybridized carbons (Fsp3) is 0.833. The van der Waals surface area contributed by atoms with E-state index in [-0.39, 0.29) is 17.0 Å². The minimum Gasteiger partial charge on any atom is -0.456 e. The first-order valence-electron chi connectivity index (χ1n) is 8.35. The van der Waals surface area contributed by atoms with Gasteiger partial charge in [0.05, 0.1) is 0 Å². The van der Waals surface area contributed by atoms with Crippen molar-refractivity contribution in [3.8, 4) is 0 Å². The van der Waals surface area contributed by atoms with Gasteiger partial charge in [0.1, 0.15) is 5.60 Å². The average molecular weight is 276 g/mol. The molecular formula is C18H28O2. The second-order valence-corrected chi connectivity index (χ2v) is 7.80. The summed E-state index contributed by atoms with van der Waals surface area (Å²) >= 11 is 0. The molecule has 0 heterocycles. The van der Waals surface area contributed by atoms with E-state index in [1.807, 2.05) is 0 Å². The van der Waals surface area contributed by atoms with Gasteiger partial charge in [-0.15, -0.1) is 0 Å². The van der Waals surface area contributed by atoms with E-state index in [9.17, 15) is 4.79 Å². The SMILES string of the molecule is C=CC(=O)OC(C)(CCC)C12CC3CC(CC(C3)C1)C2. The van der Waals surface area contributed by atoms with Gasteiger partial charge in [-0.1, -0.05) is 19.9 Å². The van der Waals surface area contributed by atoms with Crippen LogP contribution in [0.1, 0.15) is 65.2 Å². The smallest absolute Gasteiger partial charge is 0.330 e. The van der Waals surface area contributed by atoms with Crippen LogP contribution in [0.15, 0.2) is 12.7 Å². The third-order valence-corrected chi connectivity index (χ3v) is 6.38. The molecule has 4 fully saturated rings. The molecule has 0 amide bonds. The second kappa shape index (κ2) is 4.89. The Labute approximate surface area is 123 Å². The van der Waals surface area contributed by atoms with Crippen LogP contribution < -0.4 is 0 Å². The highest BCUT2D eigenvalue weighted by Crippen LogP contribution is 2.65. The molecule has 4 aliphatic carbocycles. The molecule has 0 N–H and O–H groups in total. The Hall–Kier alpha value is -0.790. The third-order valence-electron chi connectivity index (χ3n) is 6.38. The van der Waals surface area contributed by atoms with Crippen LogP contribution >= 0.6 is 0 Å². The van der Waals surface area contributed by atoms with Crippen LogP contribution in [0, 0.1) is 23.2 Å². The molecule has 0 radical (unpaired) electrons. The lowest BCUT2D eigenvalue weighted by Crippen LogP contribution is -2.58. The van der Waals surface area contributed by atoms with E-state index in [0.29, 0.717) is 0 Å². The lowest BCUT2D eigenvalue weighted by molar-refractivity contribution is -0.202. The summed E-state index contributed by atoms with van der Waals surface area (Å²) in [5.74, 6) is 2.43. The highest BCUT2D eigenvalue weighted by atomic mass is 16.6. The normalized spacial score (nSPS) is 41.2. The van der Waals surface area contributed by atoms with Crippen molar-refractivity contribution in [3.63, 3.8) is 0 Å². The van der Waals surface area contributed by atoms with Crippen molar-refractivity contribution in [1.29, 1.82) is 0 Å². The minimum atomic E-state index is -0.289. The zero-order chi connectivity index (χ0) is 14.4. The Morgan fingerprint density at radius 3 is 2.15 bits per heavy atom. The van der Waals surface area contributed by atoms with Crippen LogP contribution in [0.4, 0.5) is 0 Å². The molecular weight excluding hydrogens is 248 g/mol. The fourth-order valence-corrected chi connectivity index (χ4v) is 5.92. The quantitative estimate of drug-likeness (QED) is 0.546. The second-order valence-electron chi connectivity index (χ2n) is 7.80. The van der Waals surface area contributed by atoms with Gasteiger partial charge in [0.25, 0.3) is 0 Å². The van der Waals surface area contributed by atoms with Crippen LogP contribution in [0.3, 0.4) is 0 Å². The largest absolute Gasteiger partial charge is 0.456 e. The number of carbonyl (C=O) groups excluding carboxylic acids is 1. The highest BCUT2D eigenvalue weighted by Gasteiger charge is 2.59. The summed E-state index contributed by atoms with van der Waals surface area (Å²) < 4.78 is 5.96. The molecule has 2 nitrogen and oxygen atoms in total. The van der Waals surface area contributed by atoms with Gasteiger partial charge in [-0.3, -0.25) is 0 Å². The molecule has 1 atom stereocenters. The Morgan fingerprint density at radius 2 is 1.75 bits per heavy atom. The van der Waals surface area contributed by atoms with Crippen molar-refractivity contribution in [3.05, 3.63) is 12.7 Å². The summed E-state index contributed by atoms with van der Waals surface area (Å²) in [7, 11) is 0. The summed E-state index contributed by atoms with van der Waals surface area (Å²) in [6.45, 7) is 7.97. The molecule has 20 heavy (non-hydrogen) atoms. The lowest BCUT2D eigenvalue weighted by Gasteiger charge is -2.62. The summed E-state index contributed by atoms with van der Waals surface area (Å²) in [5, 5.41) is 0. The third kappa shape index (κ3) is 2.12. The van der Waals surface area contributed by atoms with Crippen LogP contribution in [0.2, 0.25) is 0 Å². The summed E-state index contributed by atoms with van der Waals surface area (Å²) in [6, 6.07) is 0. The zero-order valence-corrected chi connectivity index (χ0v) is 13.0. The number of esters is 1. The predicted octanol–water partition coefficient (Wildman–Crippen LogP) is 4.49. The van der Waals surface area contributed by atoms with Gasteiger partial charge >= 0.3 is 5.97 Å². The number of carbonyl (C=O) groups is 1. The molecule has 0 aromatic heterocycles. The van der Waals surface area contributed by atoms with Crippen LogP contribution in [-0.4, -0.2) is 11.6 Å². The van der Waals surface area contributed by atoms with E-state index in [4.69, 9.17) is 4.74 Å². The summed E-state index contributed by atoms with van der Waals surface area (Å²) in [5.41, 5.74) is -0.0422. The molecule has 1 unspecified atom stereocenters. The van der Waals surface area contributed by atoms with Crippen molar-refractivity contribution in [2.45, 2.75) is 70.8 Å². The van der Waals surface area contributed by atoms with Crippen LogP contribution in [-0.2, 0) is 9.53 Å². The molecule has 2 heteroatoms. The van der Waals surface area contributed by atoms with E-state index >= 15 is 0 Å². The predicted molar refractivity (Wildman–Crippen MR) is 80.2 cm³/mol. The molecule has 0 saturated heterocycles. The van der Waals surface area contributed by atoms with Crippen LogP contribution in [0.25, 0.3) is 0 Å². The van der Waals surface area contributed by atoms with Gasteiger partial charge < -0.3 is 4.74 Å². The van der Waals surface area contributed by atoms with Gasteiger partial charge in [0.2, 0.25) is 0 Å². The molecule has 0 aliphatic heterocycles. The number of rotatable bonds is 5. The van der Waals surface area contributed by atoms with Gasteiger partial charge in [-0.05, 0) is 69.6 Å². The molecule has 0 aromatic carbocycles. The summed E-state index contributed by atoms with van der Waals surface area (Å²) in [4.78, 5) is 11.9. The molecule has 0 spiro atoms. The van der Waals surface area contributed by atoms with Crippen molar-refractivity contribution in [2.75, 3.05) is 0 Å². The molecule has 4 aliphatic rings. The first-order chi connectivity index (χ1) is 9.50. The molecule has 4 rings (SSSR count). The minimum absolute atomic E-state index is 0.239. The highest BCUT2D eigenvalue weighted by molar-refractivity contribution is 5.81. The van der Waals surface area contributed by atoms with Crippen LogP contribution in [0.5, 0.6) is 0 Å². The van der Waals surface area contributed by atoms with Crippen molar-refractivity contribution in [1.82, 2.24) is 0 Å². The van der Waals surface area contributed by atoms with Gasteiger partial charge in [0, 0.05) is 11.5 Å². The van der Waals surface area contributed by atoms with E-state index in [0.717, 1.165) is 30.6 Å². The van der Waals surface area contributed by atoms with E-state index < -0.39 is 0 Å². The lowest BCUT2D eigenvalue weighted by atomic mass is 9.45. The monoisotopic (exact) mass is 276 g/mol. The molecule has 112 valence electrons. The standard InChI is InChI=1S/C18H28O2/c1-4-6-17(3,20-16(19)5-2)18-10-13-7-14(11-18)9-15(8-13)12-18/h5,13-15H,2,4,6-12H2,1,3H3. The Balaban J connectivity index is 1.90. The molecule has 4 bridgehead atoms. The van der Waals surface area contributed by atoms with E-state index in [2.05, 4.69) is 20.4 Å².